The van der Waals surface area contributed by atoms with E-state index in [1.807, 2.05) is 41.1 Å². The zero-order valence-electron chi connectivity index (χ0n) is 14.4. The molecule has 7 heteroatoms. The van der Waals surface area contributed by atoms with Crippen LogP contribution in [0.15, 0.2) is 47.4 Å². The minimum absolute atomic E-state index is 0.248. The van der Waals surface area contributed by atoms with Gasteiger partial charge in [-0.3, -0.25) is 0 Å². The molecule has 1 N–H and O–H groups in total. The molecule has 3 rings (SSSR count). The van der Waals surface area contributed by atoms with Crippen molar-refractivity contribution in [1.82, 2.24) is 14.5 Å². The number of imidazole rings is 1. The summed E-state index contributed by atoms with van der Waals surface area (Å²) in [5, 5.41) is 12.4. The number of aryl methyl sites for hydroxylation is 1. The van der Waals surface area contributed by atoms with Gasteiger partial charge < -0.3 is 19.0 Å². The molecule has 0 unspecified atom stereocenters. The smallest absolute Gasteiger partial charge is 0.232 e. The van der Waals surface area contributed by atoms with Crippen LogP contribution in [0.4, 0.5) is 5.88 Å². The van der Waals surface area contributed by atoms with Crippen molar-refractivity contribution >= 4 is 18.0 Å². The summed E-state index contributed by atoms with van der Waals surface area (Å²) in [6, 6.07) is 9.68. The van der Waals surface area contributed by atoms with Crippen molar-refractivity contribution in [2.24, 2.45) is 0 Å². The Morgan fingerprint density at radius 3 is 3.08 bits per heavy atom. The van der Waals surface area contributed by atoms with Crippen LogP contribution in [-0.4, -0.2) is 28.2 Å². The van der Waals surface area contributed by atoms with Crippen molar-refractivity contribution in [3.05, 3.63) is 60.1 Å². The van der Waals surface area contributed by atoms with Gasteiger partial charge in [0.1, 0.15) is 11.8 Å². The molecule has 0 amide bonds. The molecule has 0 fully saturated rings. The van der Waals surface area contributed by atoms with Gasteiger partial charge in [0.15, 0.2) is 0 Å². The zero-order chi connectivity index (χ0) is 18.2. The van der Waals surface area contributed by atoms with Crippen molar-refractivity contribution < 1.29 is 9.15 Å². The third-order valence-electron chi connectivity index (χ3n) is 3.70. The first kappa shape index (κ1) is 17.3. The maximum Gasteiger partial charge on any atom is 0.232 e. The van der Waals surface area contributed by atoms with Crippen molar-refractivity contribution in [3.8, 4) is 11.8 Å². The normalized spacial score (nSPS) is 10.8. The highest BCUT2D eigenvalue weighted by atomic mass is 16.5. The molecule has 0 saturated heterocycles. The van der Waals surface area contributed by atoms with Gasteiger partial charge in [0.2, 0.25) is 17.5 Å². The molecular formula is C19H19N5O2. The molecule has 2 heterocycles. The van der Waals surface area contributed by atoms with Gasteiger partial charge in [-0.15, -0.1) is 0 Å². The van der Waals surface area contributed by atoms with Gasteiger partial charge in [0.05, 0.1) is 13.4 Å². The van der Waals surface area contributed by atoms with Crippen LogP contribution in [0.5, 0.6) is 5.75 Å². The first-order valence-electron chi connectivity index (χ1n) is 8.21. The van der Waals surface area contributed by atoms with E-state index in [0.717, 1.165) is 24.3 Å². The Balaban J connectivity index is 1.60. The third kappa shape index (κ3) is 4.51. The number of nitrogens with one attached hydrogen (secondary N) is 1. The van der Waals surface area contributed by atoms with Gasteiger partial charge in [0.25, 0.3) is 0 Å². The number of oxazole rings is 1. The van der Waals surface area contributed by atoms with E-state index in [0.29, 0.717) is 18.3 Å². The molecule has 2 aromatic heterocycles. The minimum atomic E-state index is 0.248. The third-order valence-corrected chi connectivity index (χ3v) is 3.70. The number of anilines is 1. The van der Waals surface area contributed by atoms with Crippen LogP contribution in [0, 0.1) is 11.3 Å². The van der Waals surface area contributed by atoms with E-state index in [1.165, 1.54) is 0 Å². The summed E-state index contributed by atoms with van der Waals surface area (Å²) in [6.07, 6.45) is 9.90. The summed E-state index contributed by atoms with van der Waals surface area (Å²) in [5.74, 6) is 1.54. The molecule has 0 saturated carbocycles. The first-order valence-corrected chi connectivity index (χ1v) is 8.21. The zero-order valence-corrected chi connectivity index (χ0v) is 14.4. The quantitative estimate of drug-likeness (QED) is 0.627. The van der Waals surface area contributed by atoms with Gasteiger partial charge in [-0.2, -0.15) is 10.2 Å². The Bertz CT molecular complexity index is 906. The van der Waals surface area contributed by atoms with Crippen molar-refractivity contribution in [2.45, 2.75) is 13.0 Å². The number of hydrogen-bond acceptors (Lipinski definition) is 6. The lowest BCUT2D eigenvalue weighted by Crippen LogP contribution is -2.06. The number of methoxy groups -OCH3 is 1. The maximum atomic E-state index is 9.23. The van der Waals surface area contributed by atoms with E-state index in [9.17, 15) is 5.26 Å². The van der Waals surface area contributed by atoms with E-state index in [-0.39, 0.29) is 5.69 Å². The minimum Gasteiger partial charge on any atom is -0.497 e. The maximum absolute atomic E-state index is 9.23. The predicted octanol–water partition coefficient (Wildman–Crippen LogP) is 3.42. The summed E-state index contributed by atoms with van der Waals surface area (Å²) >= 11 is 0. The molecule has 0 bridgehead atoms. The number of hydrogen-bond donors (Lipinski definition) is 1. The van der Waals surface area contributed by atoms with Crippen molar-refractivity contribution in [3.63, 3.8) is 0 Å². The average molecular weight is 349 g/mol. The number of nitriles is 1. The largest absolute Gasteiger partial charge is 0.497 e. The molecule has 0 spiro atoms. The number of nitrogens with zero attached hydrogens (tertiary/aromatic N) is 4. The number of rotatable bonds is 8. The monoisotopic (exact) mass is 349 g/mol. The van der Waals surface area contributed by atoms with E-state index in [1.54, 1.807) is 25.7 Å². The topological polar surface area (TPSA) is 88.9 Å². The van der Waals surface area contributed by atoms with Crippen molar-refractivity contribution in [2.75, 3.05) is 19.0 Å². The molecular weight excluding hydrogens is 330 g/mol. The molecule has 132 valence electrons. The Hall–Kier alpha value is -3.53. The molecule has 0 aliphatic heterocycles. The average Bonchev–Trinajstić information content (AvgIpc) is 3.33. The fourth-order valence-corrected chi connectivity index (χ4v) is 2.40. The van der Waals surface area contributed by atoms with Crippen LogP contribution in [0.25, 0.3) is 12.2 Å². The Morgan fingerprint density at radius 1 is 1.38 bits per heavy atom. The van der Waals surface area contributed by atoms with Crippen LogP contribution in [-0.2, 0) is 6.54 Å². The first-order chi connectivity index (χ1) is 12.8. The van der Waals surface area contributed by atoms with E-state index in [4.69, 9.17) is 9.15 Å². The fourth-order valence-electron chi connectivity index (χ4n) is 2.40. The highest BCUT2D eigenvalue weighted by molar-refractivity contribution is 5.67. The van der Waals surface area contributed by atoms with Crippen LogP contribution < -0.4 is 10.1 Å². The molecule has 1 aromatic carbocycles. The molecule has 26 heavy (non-hydrogen) atoms. The Labute approximate surface area is 151 Å². The molecule has 3 aromatic rings. The molecule has 7 nitrogen and oxygen atoms in total. The Morgan fingerprint density at radius 2 is 2.31 bits per heavy atom. The summed E-state index contributed by atoms with van der Waals surface area (Å²) in [6.45, 7) is 1.51. The number of aromatic nitrogens is 3. The second-order valence-electron chi connectivity index (χ2n) is 5.53. The second kappa shape index (κ2) is 8.53. The highest BCUT2D eigenvalue weighted by Gasteiger charge is 2.10. The lowest BCUT2D eigenvalue weighted by Gasteiger charge is -2.03. The highest BCUT2D eigenvalue weighted by Crippen LogP contribution is 2.19. The van der Waals surface area contributed by atoms with Crippen molar-refractivity contribution in [1.29, 1.82) is 5.26 Å². The Kier molecular flexibility index (Phi) is 5.68. The van der Waals surface area contributed by atoms with E-state index >= 15 is 0 Å². The molecule has 0 atom stereocenters. The molecule has 0 aliphatic carbocycles. The van der Waals surface area contributed by atoms with Gasteiger partial charge in [-0.25, -0.2) is 4.98 Å². The van der Waals surface area contributed by atoms with Gasteiger partial charge in [-0.05, 0) is 30.2 Å². The summed E-state index contributed by atoms with van der Waals surface area (Å²) in [5.41, 5.74) is 1.20. The van der Waals surface area contributed by atoms with Gasteiger partial charge in [-0.1, -0.05) is 12.1 Å². The molecule has 0 aliphatic rings. The SMILES string of the molecule is COc1cccc(/C=C/c2nc(C#N)c(NCCCn3ccnc3)o2)c1. The second-order valence-corrected chi connectivity index (χ2v) is 5.53. The van der Waals surface area contributed by atoms with Gasteiger partial charge in [0, 0.05) is 31.6 Å². The summed E-state index contributed by atoms with van der Waals surface area (Å²) < 4.78 is 12.8. The van der Waals surface area contributed by atoms with Crippen LogP contribution in [0.2, 0.25) is 0 Å². The standard InChI is InChI=1S/C19H19N5O2/c1-25-16-5-2-4-15(12-16)6-7-18-23-17(13-20)19(26-18)22-8-3-10-24-11-9-21-14-24/h2,4-7,9,11-12,14,22H,3,8,10H2,1H3/b7-6+. The van der Waals surface area contributed by atoms with E-state index in [2.05, 4.69) is 21.4 Å². The lowest BCUT2D eigenvalue weighted by atomic mass is 10.2. The summed E-state index contributed by atoms with van der Waals surface area (Å²) in [4.78, 5) is 8.19. The fraction of sp³-hybridized carbons (Fsp3) is 0.211. The predicted molar refractivity (Wildman–Crippen MR) is 98.5 cm³/mol. The van der Waals surface area contributed by atoms with Crippen LogP contribution in [0.1, 0.15) is 23.6 Å². The number of benzene rings is 1. The van der Waals surface area contributed by atoms with Crippen LogP contribution in [0.3, 0.4) is 0 Å². The lowest BCUT2D eigenvalue weighted by molar-refractivity contribution is 0.414. The van der Waals surface area contributed by atoms with Crippen LogP contribution >= 0.6 is 0 Å². The molecule has 0 radical (unpaired) electrons. The number of ether oxygens (including phenoxy) is 1. The van der Waals surface area contributed by atoms with Gasteiger partial charge >= 0.3 is 0 Å². The van der Waals surface area contributed by atoms with E-state index < -0.39 is 0 Å². The summed E-state index contributed by atoms with van der Waals surface area (Å²) in [7, 11) is 1.63.